The van der Waals surface area contributed by atoms with Crippen LogP contribution in [-0.2, 0) is 0 Å². The fraction of sp³-hybridized carbons (Fsp3) is 0. The molecular formula is C16H10INO2S. The normalized spacial score (nSPS) is 10.5. The van der Waals surface area contributed by atoms with E-state index >= 15 is 0 Å². The molecule has 0 atom stereocenters. The van der Waals surface area contributed by atoms with Crippen LogP contribution in [0.15, 0.2) is 53.9 Å². The summed E-state index contributed by atoms with van der Waals surface area (Å²) in [5, 5.41) is 11.8. The summed E-state index contributed by atoms with van der Waals surface area (Å²) in [5.74, 6) is -0.916. The number of aromatic nitrogens is 1. The highest BCUT2D eigenvalue weighted by atomic mass is 127. The van der Waals surface area contributed by atoms with Crippen LogP contribution in [0, 0.1) is 3.57 Å². The number of carboxylic acid groups (broad SMARTS) is 1. The Kier molecular flexibility index (Phi) is 4.03. The zero-order valence-electron chi connectivity index (χ0n) is 10.8. The predicted octanol–water partition coefficient (Wildman–Crippen LogP) is 4.78. The molecule has 21 heavy (non-hydrogen) atoms. The molecule has 104 valence electrons. The minimum absolute atomic E-state index is 0.285. The maximum atomic E-state index is 10.9. The van der Waals surface area contributed by atoms with Crippen molar-refractivity contribution in [2.45, 2.75) is 0 Å². The lowest BCUT2D eigenvalue weighted by Gasteiger charge is -1.98. The van der Waals surface area contributed by atoms with Crippen molar-refractivity contribution >= 4 is 39.9 Å². The summed E-state index contributed by atoms with van der Waals surface area (Å²) >= 11 is 3.83. The topological polar surface area (TPSA) is 50.2 Å². The Hall–Kier alpha value is -1.73. The Balaban J connectivity index is 1.90. The molecule has 0 aliphatic carbocycles. The van der Waals surface area contributed by atoms with Crippen LogP contribution in [-0.4, -0.2) is 16.1 Å². The molecule has 3 nitrogen and oxygen atoms in total. The van der Waals surface area contributed by atoms with Crippen molar-refractivity contribution in [2.24, 2.45) is 0 Å². The van der Waals surface area contributed by atoms with Gasteiger partial charge in [0, 0.05) is 20.1 Å². The van der Waals surface area contributed by atoms with Gasteiger partial charge in [0.15, 0.2) is 0 Å². The number of carbonyl (C=O) groups is 1. The fourth-order valence-electron chi connectivity index (χ4n) is 1.91. The van der Waals surface area contributed by atoms with Crippen LogP contribution >= 0.6 is 33.9 Å². The van der Waals surface area contributed by atoms with Crippen LogP contribution < -0.4 is 0 Å². The molecule has 0 saturated carbocycles. The van der Waals surface area contributed by atoms with Crippen LogP contribution in [0.1, 0.15) is 10.4 Å². The zero-order valence-corrected chi connectivity index (χ0v) is 13.8. The maximum Gasteiger partial charge on any atom is 0.335 e. The minimum atomic E-state index is -0.916. The van der Waals surface area contributed by atoms with Crippen LogP contribution in [0.2, 0.25) is 0 Å². The molecule has 0 spiro atoms. The summed E-state index contributed by atoms with van der Waals surface area (Å²) < 4.78 is 1.19. The van der Waals surface area contributed by atoms with Gasteiger partial charge in [-0.2, -0.15) is 0 Å². The third-order valence-corrected chi connectivity index (χ3v) is 4.63. The van der Waals surface area contributed by atoms with Crippen molar-refractivity contribution in [1.29, 1.82) is 0 Å². The zero-order chi connectivity index (χ0) is 14.8. The average Bonchev–Trinajstić information content (AvgIpc) is 2.98. The molecule has 3 aromatic rings. The second-order valence-corrected chi connectivity index (χ2v) is 6.53. The molecule has 5 heteroatoms. The highest BCUT2D eigenvalue weighted by Gasteiger charge is 2.08. The largest absolute Gasteiger partial charge is 0.478 e. The first-order chi connectivity index (χ1) is 10.1. The van der Waals surface area contributed by atoms with E-state index in [1.54, 1.807) is 35.6 Å². The fourth-order valence-corrected chi connectivity index (χ4v) is 3.11. The van der Waals surface area contributed by atoms with E-state index in [-0.39, 0.29) is 5.56 Å². The highest BCUT2D eigenvalue weighted by Crippen LogP contribution is 2.29. The lowest BCUT2D eigenvalue weighted by molar-refractivity contribution is 0.0697. The van der Waals surface area contributed by atoms with Gasteiger partial charge >= 0.3 is 5.97 Å². The first kappa shape index (κ1) is 14.2. The van der Waals surface area contributed by atoms with Gasteiger partial charge in [-0.3, -0.25) is 0 Å². The standard InChI is InChI=1S/C16H10INO2S/c17-13-7-5-10(6-8-13)14-9-21-15(18-14)11-1-3-12(4-2-11)16(19)20/h1-9H,(H,19,20). The lowest BCUT2D eigenvalue weighted by Crippen LogP contribution is -1.94. The van der Waals surface area contributed by atoms with Crippen molar-refractivity contribution in [3.8, 4) is 21.8 Å². The second-order valence-electron chi connectivity index (χ2n) is 4.43. The van der Waals surface area contributed by atoms with Crippen molar-refractivity contribution < 1.29 is 9.90 Å². The number of carboxylic acids is 1. The third-order valence-electron chi connectivity index (χ3n) is 3.02. The lowest BCUT2D eigenvalue weighted by atomic mass is 10.1. The van der Waals surface area contributed by atoms with E-state index in [9.17, 15) is 4.79 Å². The van der Waals surface area contributed by atoms with Crippen molar-refractivity contribution in [2.75, 3.05) is 0 Å². The number of aromatic carboxylic acids is 1. The SMILES string of the molecule is O=C(O)c1ccc(-c2nc(-c3ccc(I)cc3)cs2)cc1. The summed E-state index contributed by atoms with van der Waals surface area (Å²) in [7, 11) is 0. The molecule has 0 unspecified atom stereocenters. The Morgan fingerprint density at radius 1 is 1.00 bits per heavy atom. The molecule has 0 saturated heterocycles. The molecule has 0 bridgehead atoms. The van der Waals surface area contributed by atoms with E-state index in [1.807, 2.05) is 17.5 Å². The van der Waals surface area contributed by atoms with Gasteiger partial charge in [-0.1, -0.05) is 24.3 Å². The summed E-state index contributed by atoms with van der Waals surface area (Å²) in [6.07, 6.45) is 0. The van der Waals surface area contributed by atoms with Gasteiger partial charge in [0.2, 0.25) is 0 Å². The smallest absolute Gasteiger partial charge is 0.335 e. The molecule has 0 fully saturated rings. The maximum absolute atomic E-state index is 10.9. The van der Waals surface area contributed by atoms with E-state index in [2.05, 4.69) is 39.7 Å². The summed E-state index contributed by atoms with van der Waals surface area (Å²) in [6.45, 7) is 0. The van der Waals surface area contributed by atoms with E-state index in [0.717, 1.165) is 21.8 Å². The molecule has 0 aliphatic rings. The molecule has 2 aromatic carbocycles. The van der Waals surface area contributed by atoms with E-state index in [0.29, 0.717) is 0 Å². The van der Waals surface area contributed by atoms with Gasteiger partial charge in [-0.25, -0.2) is 9.78 Å². The van der Waals surface area contributed by atoms with Crippen LogP contribution in [0.5, 0.6) is 0 Å². The van der Waals surface area contributed by atoms with Crippen LogP contribution in [0.4, 0.5) is 0 Å². The summed E-state index contributed by atoms with van der Waals surface area (Å²) in [5.41, 5.74) is 3.24. The van der Waals surface area contributed by atoms with Crippen molar-refractivity contribution in [1.82, 2.24) is 4.98 Å². The summed E-state index contributed by atoms with van der Waals surface area (Å²) in [6, 6.07) is 15.0. The van der Waals surface area contributed by atoms with E-state index < -0.39 is 5.97 Å². The van der Waals surface area contributed by atoms with Crippen molar-refractivity contribution in [3.63, 3.8) is 0 Å². The van der Waals surface area contributed by atoms with Gasteiger partial charge in [-0.15, -0.1) is 11.3 Å². The average molecular weight is 407 g/mol. The number of hydrogen-bond acceptors (Lipinski definition) is 3. The van der Waals surface area contributed by atoms with E-state index in [4.69, 9.17) is 5.11 Å². The van der Waals surface area contributed by atoms with Gasteiger partial charge in [0.05, 0.1) is 11.3 Å². The monoisotopic (exact) mass is 407 g/mol. The highest BCUT2D eigenvalue weighted by molar-refractivity contribution is 14.1. The molecule has 0 radical (unpaired) electrons. The van der Waals surface area contributed by atoms with E-state index in [1.165, 1.54) is 3.57 Å². The number of rotatable bonds is 3. The van der Waals surface area contributed by atoms with Crippen LogP contribution in [0.3, 0.4) is 0 Å². The van der Waals surface area contributed by atoms with Gasteiger partial charge in [0.25, 0.3) is 0 Å². The Bertz CT molecular complexity index is 779. The Morgan fingerprint density at radius 2 is 1.62 bits per heavy atom. The minimum Gasteiger partial charge on any atom is -0.478 e. The number of hydrogen-bond donors (Lipinski definition) is 1. The summed E-state index contributed by atoms with van der Waals surface area (Å²) in [4.78, 5) is 15.5. The Labute approximate surface area is 139 Å². The molecular weight excluding hydrogens is 397 g/mol. The second kappa shape index (κ2) is 5.95. The van der Waals surface area contributed by atoms with Gasteiger partial charge < -0.3 is 5.11 Å². The molecule has 1 heterocycles. The molecule has 3 rings (SSSR count). The number of benzene rings is 2. The molecule has 0 aliphatic heterocycles. The number of halogens is 1. The third kappa shape index (κ3) is 3.14. The number of thiazole rings is 1. The van der Waals surface area contributed by atoms with Gasteiger partial charge in [0.1, 0.15) is 5.01 Å². The van der Waals surface area contributed by atoms with Crippen LogP contribution in [0.25, 0.3) is 21.8 Å². The van der Waals surface area contributed by atoms with Crippen molar-refractivity contribution in [3.05, 3.63) is 63.0 Å². The number of nitrogens with zero attached hydrogens (tertiary/aromatic N) is 1. The molecule has 1 N–H and O–H groups in total. The molecule has 0 amide bonds. The Morgan fingerprint density at radius 3 is 2.24 bits per heavy atom. The first-order valence-electron chi connectivity index (χ1n) is 6.19. The quantitative estimate of drug-likeness (QED) is 0.636. The first-order valence-corrected chi connectivity index (χ1v) is 8.14. The van der Waals surface area contributed by atoms with Gasteiger partial charge in [-0.05, 0) is 46.9 Å². The predicted molar refractivity (Wildman–Crippen MR) is 92.7 cm³/mol. The molecule has 1 aromatic heterocycles.